The lowest BCUT2D eigenvalue weighted by molar-refractivity contribution is -0.183. The lowest BCUT2D eigenvalue weighted by Gasteiger charge is -2.48. The fourth-order valence-corrected chi connectivity index (χ4v) is 3.95. The van der Waals surface area contributed by atoms with Crippen molar-refractivity contribution in [3.8, 4) is 5.82 Å². The molecule has 4 rings (SSSR count). The van der Waals surface area contributed by atoms with Crippen LogP contribution in [0.25, 0.3) is 5.82 Å². The van der Waals surface area contributed by atoms with E-state index in [1.165, 1.54) is 0 Å². The Kier molecular flexibility index (Phi) is 4.69. The first kappa shape index (κ1) is 17.1. The predicted octanol–water partition coefficient (Wildman–Crippen LogP) is 1.46. The molecule has 1 amide bonds. The van der Waals surface area contributed by atoms with E-state index in [0.29, 0.717) is 24.5 Å². The van der Waals surface area contributed by atoms with Crippen molar-refractivity contribution in [3.63, 3.8) is 0 Å². The topological polar surface area (TPSA) is 82.4 Å². The molecule has 26 heavy (non-hydrogen) atoms. The van der Waals surface area contributed by atoms with Gasteiger partial charge in [0.15, 0.2) is 0 Å². The molecule has 0 aromatic carbocycles. The van der Waals surface area contributed by atoms with Gasteiger partial charge in [-0.05, 0) is 37.8 Å². The third-order valence-corrected chi connectivity index (χ3v) is 5.45. The van der Waals surface area contributed by atoms with E-state index in [1.54, 1.807) is 42.7 Å². The van der Waals surface area contributed by atoms with Crippen LogP contribution in [0.15, 0.2) is 31.0 Å². The van der Waals surface area contributed by atoms with Crippen molar-refractivity contribution in [1.29, 1.82) is 0 Å². The molecule has 8 heteroatoms. The number of amides is 1. The molecule has 4 heterocycles. The van der Waals surface area contributed by atoms with Gasteiger partial charge in [-0.2, -0.15) is 0 Å². The molecular formula is C18H23N5O3. The van der Waals surface area contributed by atoms with Crippen molar-refractivity contribution >= 4 is 5.91 Å². The maximum absolute atomic E-state index is 12.8. The number of nitrogens with zero attached hydrogens (tertiary/aromatic N) is 5. The van der Waals surface area contributed by atoms with E-state index in [4.69, 9.17) is 9.47 Å². The number of methoxy groups -OCH3 is 1. The van der Waals surface area contributed by atoms with Gasteiger partial charge in [-0.15, -0.1) is 10.2 Å². The Morgan fingerprint density at radius 3 is 2.69 bits per heavy atom. The van der Waals surface area contributed by atoms with Gasteiger partial charge in [-0.1, -0.05) is 0 Å². The van der Waals surface area contributed by atoms with Gasteiger partial charge in [0.2, 0.25) is 0 Å². The average Bonchev–Trinajstić information content (AvgIpc) is 3.23. The van der Waals surface area contributed by atoms with E-state index in [0.717, 1.165) is 32.3 Å². The van der Waals surface area contributed by atoms with E-state index in [-0.39, 0.29) is 17.6 Å². The van der Waals surface area contributed by atoms with E-state index in [2.05, 4.69) is 15.2 Å². The van der Waals surface area contributed by atoms with Gasteiger partial charge in [0.1, 0.15) is 18.5 Å². The number of hydrogen-bond acceptors (Lipinski definition) is 6. The zero-order valence-electron chi connectivity index (χ0n) is 14.9. The van der Waals surface area contributed by atoms with Crippen LogP contribution in [0.2, 0.25) is 0 Å². The normalized spacial score (nSPS) is 22.5. The second-order valence-corrected chi connectivity index (χ2v) is 6.85. The molecule has 0 aliphatic carbocycles. The summed E-state index contributed by atoms with van der Waals surface area (Å²) < 4.78 is 13.5. The Hall–Kier alpha value is -2.32. The molecule has 1 atom stereocenters. The van der Waals surface area contributed by atoms with Crippen molar-refractivity contribution in [2.24, 2.45) is 0 Å². The molecular weight excluding hydrogens is 334 g/mol. The molecule has 0 bridgehead atoms. The van der Waals surface area contributed by atoms with Crippen LogP contribution < -0.4 is 0 Å². The second-order valence-electron chi connectivity index (χ2n) is 6.85. The molecule has 138 valence electrons. The molecule has 2 aliphatic rings. The van der Waals surface area contributed by atoms with Crippen LogP contribution in [-0.2, 0) is 9.47 Å². The van der Waals surface area contributed by atoms with Gasteiger partial charge < -0.3 is 14.4 Å². The quantitative estimate of drug-likeness (QED) is 0.827. The van der Waals surface area contributed by atoms with Crippen LogP contribution in [0, 0.1) is 0 Å². The average molecular weight is 357 g/mol. The number of carbonyl (C=O) groups is 1. The predicted molar refractivity (Wildman–Crippen MR) is 93.0 cm³/mol. The largest absolute Gasteiger partial charge is 0.378 e. The Labute approximate surface area is 152 Å². The van der Waals surface area contributed by atoms with Crippen LogP contribution in [-0.4, -0.2) is 69.1 Å². The molecule has 2 fully saturated rings. The highest BCUT2D eigenvalue weighted by Gasteiger charge is 2.45. The van der Waals surface area contributed by atoms with Gasteiger partial charge in [0.25, 0.3) is 5.91 Å². The fraction of sp³-hybridized carbons (Fsp3) is 0.556. The first-order valence-corrected chi connectivity index (χ1v) is 8.99. The molecule has 2 saturated heterocycles. The highest BCUT2D eigenvalue weighted by molar-refractivity contribution is 5.94. The van der Waals surface area contributed by atoms with Crippen LogP contribution in [0.3, 0.4) is 0 Å². The van der Waals surface area contributed by atoms with Gasteiger partial charge in [0, 0.05) is 33.0 Å². The van der Waals surface area contributed by atoms with Gasteiger partial charge in [0.05, 0.1) is 17.3 Å². The van der Waals surface area contributed by atoms with Crippen LogP contribution >= 0.6 is 0 Å². The lowest BCUT2D eigenvalue weighted by atomic mass is 9.81. The van der Waals surface area contributed by atoms with Crippen LogP contribution in [0.4, 0.5) is 0 Å². The molecule has 0 radical (unpaired) electrons. The van der Waals surface area contributed by atoms with Crippen LogP contribution in [0.5, 0.6) is 0 Å². The Balaban J connectivity index is 1.42. The molecule has 1 spiro atoms. The molecule has 8 nitrogen and oxygen atoms in total. The van der Waals surface area contributed by atoms with Crippen LogP contribution in [0.1, 0.15) is 36.0 Å². The SMILES string of the molecule is CO[C@@H]1CCCOC12CCN(C(=O)c1ccc(-n3cnnc3)nc1)CC2. The fourth-order valence-electron chi connectivity index (χ4n) is 3.95. The van der Waals surface area contributed by atoms with Gasteiger partial charge in [-0.25, -0.2) is 4.98 Å². The maximum atomic E-state index is 12.8. The molecule has 2 aromatic heterocycles. The summed E-state index contributed by atoms with van der Waals surface area (Å²) in [5.74, 6) is 0.690. The third-order valence-electron chi connectivity index (χ3n) is 5.45. The lowest BCUT2D eigenvalue weighted by Crippen LogP contribution is -2.56. The summed E-state index contributed by atoms with van der Waals surface area (Å²) in [5, 5.41) is 7.52. The summed E-state index contributed by atoms with van der Waals surface area (Å²) in [6.45, 7) is 2.13. The first-order valence-electron chi connectivity index (χ1n) is 8.99. The van der Waals surface area contributed by atoms with Crippen molar-refractivity contribution in [3.05, 3.63) is 36.5 Å². The van der Waals surface area contributed by atoms with E-state index in [9.17, 15) is 4.79 Å². The van der Waals surface area contributed by atoms with Crippen molar-refractivity contribution < 1.29 is 14.3 Å². The summed E-state index contributed by atoms with van der Waals surface area (Å²) in [4.78, 5) is 19.0. The standard InChI is InChI=1S/C18H23N5O3/c1-25-15-3-2-10-26-18(15)6-8-22(9-7-18)17(24)14-4-5-16(19-11-14)23-12-20-21-13-23/h4-5,11-13,15H,2-3,6-10H2,1H3/t15-/m1/s1. The smallest absolute Gasteiger partial charge is 0.255 e. The molecule has 0 unspecified atom stereocenters. The highest BCUT2D eigenvalue weighted by atomic mass is 16.5. The van der Waals surface area contributed by atoms with Crippen molar-refractivity contribution in [2.45, 2.75) is 37.4 Å². The summed E-state index contributed by atoms with van der Waals surface area (Å²) >= 11 is 0. The van der Waals surface area contributed by atoms with Gasteiger partial charge >= 0.3 is 0 Å². The number of rotatable bonds is 3. The third kappa shape index (κ3) is 3.10. The number of hydrogen-bond donors (Lipinski definition) is 0. The zero-order chi connectivity index (χ0) is 18.0. The minimum Gasteiger partial charge on any atom is -0.378 e. The molecule has 0 saturated carbocycles. The zero-order valence-corrected chi connectivity index (χ0v) is 14.9. The second kappa shape index (κ2) is 7.13. The van der Waals surface area contributed by atoms with E-state index in [1.807, 2.05) is 4.90 Å². The Morgan fingerprint density at radius 1 is 1.27 bits per heavy atom. The summed E-state index contributed by atoms with van der Waals surface area (Å²) in [6.07, 6.45) is 8.56. The Morgan fingerprint density at radius 2 is 2.04 bits per heavy atom. The number of pyridine rings is 1. The van der Waals surface area contributed by atoms with Gasteiger partial charge in [-0.3, -0.25) is 9.36 Å². The molecule has 2 aromatic rings. The molecule has 0 N–H and O–H groups in total. The minimum atomic E-state index is -0.236. The summed E-state index contributed by atoms with van der Waals surface area (Å²) in [6, 6.07) is 3.59. The van der Waals surface area contributed by atoms with E-state index < -0.39 is 0 Å². The number of piperidine rings is 1. The van der Waals surface area contributed by atoms with Crippen molar-refractivity contribution in [1.82, 2.24) is 24.6 Å². The van der Waals surface area contributed by atoms with Crippen molar-refractivity contribution in [2.75, 3.05) is 26.8 Å². The first-order chi connectivity index (χ1) is 12.7. The number of likely N-dealkylation sites (tertiary alicyclic amines) is 1. The highest BCUT2D eigenvalue weighted by Crippen LogP contribution is 2.37. The molecule has 2 aliphatic heterocycles. The summed E-state index contributed by atoms with van der Waals surface area (Å²) in [7, 11) is 1.75. The number of carbonyl (C=O) groups excluding carboxylic acids is 1. The number of ether oxygens (including phenoxy) is 2. The maximum Gasteiger partial charge on any atom is 0.255 e. The monoisotopic (exact) mass is 357 g/mol. The Bertz CT molecular complexity index is 739. The minimum absolute atomic E-state index is 0.00688. The van der Waals surface area contributed by atoms with E-state index >= 15 is 0 Å². The summed E-state index contributed by atoms with van der Waals surface area (Å²) in [5.41, 5.74) is 0.353. The number of aromatic nitrogens is 4.